The number of nitro groups is 1. The van der Waals surface area contributed by atoms with E-state index in [9.17, 15) is 55.6 Å². The lowest BCUT2D eigenvalue weighted by atomic mass is 10.1. The molecule has 0 atom stereocenters. The normalized spacial score (nSPS) is 11.1. The number of rotatable bonds is 13. The maximum Gasteiger partial charge on any atom is 0.471 e. The third-order valence-electron chi connectivity index (χ3n) is 6.09. The van der Waals surface area contributed by atoms with Crippen molar-refractivity contribution in [3.8, 4) is 12.1 Å². The molecule has 0 aromatic heterocycles. The van der Waals surface area contributed by atoms with Crippen LogP contribution in [0, 0.1) is 32.8 Å². The molecule has 4 amide bonds. The zero-order valence-corrected chi connectivity index (χ0v) is 27.0. The summed E-state index contributed by atoms with van der Waals surface area (Å²) in [5.41, 5.74) is -2.25. The van der Waals surface area contributed by atoms with Gasteiger partial charge in [-0.2, -0.15) is 36.9 Å². The number of hydrogen-bond donors (Lipinski definition) is 4. The molecule has 13 nitrogen and oxygen atoms in total. The van der Waals surface area contributed by atoms with E-state index >= 15 is 0 Å². The molecular weight excluding hydrogens is 732 g/mol. The van der Waals surface area contributed by atoms with Crippen molar-refractivity contribution in [3.05, 3.63) is 75.8 Å². The van der Waals surface area contributed by atoms with E-state index in [1.54, 1.807) is 0 Å². The lowest BCUT2D eigenvalue weighted by Gasteiger charge is -2.18. The topological polar surface area (TPSA) is 207 Å². The molecule has 3 rings (SSSR count). The predicted octanol–water partition coefficient (Wildman–Crippen LogP) is 7.11. The minimum atomic E-state index is -5.42. The number of alkyl halides is 6. The smallest absolute Gasteiger partial charge is 0.321 e. The molecule has 3 aromatic carbocycles. The molecule has 0 spiro atoms. The van der Waals surface area contributed by atoms with E-state index in [1.807, 2.05) is 12.1 Å². The Labute approximate surface area is 291 Å². The Balaban J connectivity index is 2.07. The number of nitrogens with one attached hydrogen (secondary N) is 4. The first-order chi connectivity index (χ1) is 23.9. The zero-order chi connectivity index (χ0) is 37.9. The summed E-state index contributed by atoms with van der Waals surface area (Å²) in [6.07, 6.45) is -10.8. The number of thioether (sulfide) groups is 2. The number of carbonyl (C=O) groups is 4. The highest BCUT2D eigenvalue weighted by Gasteiger charge is 2.40. The lowest BCUT2D eigenvalue weighted by molar-refractivity contribution is -0.384. The lowest BCUT2D eigenvalue weighted by Crippen LogP contribution is -2.31. The standard InChI is InChI=1S/C30H21F6N7O6S2/c31-29(32,33)27(46)39-18-11-17(12-19(13-18)40-28(47)30(34,35)36)26(45)42-22-15-23(50-9-1-7-37)21(14-24(22)51-10-2-8-38)41-25(44)16-3-5-20(6-4-16)43(48)49/h3-6,11-15H,1-2,9-10H2,(H,39,46)(H,40,47)(H,41,44)(H,42,45). The molecule has 0 saturated heterocycles. The van der Waals surface area contributed by atoms with Crippen LogP contribution in [0.15, 0.2) is 64.4 Å². The summed E-state index contributed by atoms with van der Waals surface area (Å²) >= 11 is 2.09. The van der Waals surface area contributed by atoms with E-state index in [4.69, 9.17) is 10.5 Å². The SMILES string of the molecule is N#CCCSc1cc(NC(=O)c2cc(NC(=O)C(F)(F)F)cc(NC(=O)C(F)(F)F)c2)c(SCCC#N)cc1NC(=O)c1ccc([N+](=O)[O-])cc1. The van der Waals surface area contributed by atoms with Crippen LogP contribution in [-0.4, -0.2) is 52.4 Å². The van der Waals surface area contributed by atoms with E-state index in [1.165, 1.54) is 34.9 Å². The van der Waals surface area contributed by atoms with E-state index in [0.717, 1.165) is 35.7 Å². The quantitative estimate of drug-likeness (QED) is 0.0457. The van der Waals surface area contributed by atoms with Crippen molar-refractivity contribution in [2.24, 2.45) is 0 Å². The average molecular weight is 754 g/mol. The Kier molecular flexibility index (Phi) is 13.4. The summed E-state index contributed by atoms with van der Waals surface area (Å²) in [4.78, 5) is 60.5. The fraction of sp³-hybridized carbons (Fsp3) is 0.200. The van der Waals surface area contributed by atoms with Crippen LogP contribution in [-0.2, 0) is 9.59 Å². The van der Waals surface area contributed by atoms with Crippen LogP contribution in [0.2, 0.25) is 0 Å². The summed E-state index contributed by atoms with van der Waals surface area (Å²) in [6.45, 7) is 0. The summed E-state index contributed by atoms with van der Waals surface area (Å²) in [5, 5.41) is 37.0. The van der Waals surface area contributed by atoms with Gasteiger partial charge in [0.25, 0.3) is 17.5 Å². The number of benzene rings is 3. The third kappa shape index (κ3) is 11.6. The molecule has 4 N–H and O–H groups in total. The molecule has 51 heavy (non-hydrogen) atoms. The molecule has 21 heteroatoms. The Bertz CT molecular complexity index is 1880. The number of non-ortho nitro benzene ring substituents is 1. The third-order valence-corrected chi connectivity index (χ3v) is 8.20. The van der Waals surface area contributed by atoms with Crippen LogP contribution in [0.4, 0.5) is 54.8 Å². The first-order valence-corrected chi connectivity index (χ1v) is 15.9. The summed E-state index contributed by atoms with van der Waals surface area (Å²) in [7, 11) is 0. The van der Waals surface area contributed by atoms with Gasteiger partial charge in [-0.05, 0) is 42.5 Å². The molecule has 0 radical (unpaired) electrons. The molecule has 0 aliphatic carbocycles. The van der Waals surface area contributed by atoms with E-state index in [-0.39, 0.29) is 56.8 Å². The predicted molar refractivity (Wildman–Crippen MR) is 173 cm³/mol. The molecule has 0 saturated carbocycles. The molecule has 0 aliphatic rings. The van der Waals surface area contributed by atoms with Gasteiger partial charge in [-0.15, -0.1) is 23.5 Å². The summed E-state index contributed by atoms with van der Waals surface area (Å²) < 4.78 is 77.5. The average Bonchev–Trinajstić information content (AvgIpc) is 3.05. The van der Waals surface area contributed by atoms with Gasteiger partial charge in [0.15, 0.2) is 0 Å². The largest absolute Gasteiger partial charge is 0.471 e. The molecular formula is C30H21F6N7O6S2. The van der Waals surface area contributed by atoms with Gasteiger partial charge in [0, 0.05) is 68.8 Å². The van der Waals surface area contributed by atoms with Crippen LogP contribution in [0.3, 0.4) is 0 Å². The molecule has 266 valence electrons. The van der Waals surface area contributed by atoms with Crippen molar-refractivity contribution in [1.82, 2.24) is 0 Å². The van der Waals surface area contributed by atoms with Crippen LogP contribution in [0.1, 0.15) is 33.6 Å². The van der Waals surface area contributed by atoms with Gasteiger partial charge in [-0.1, -0.05) is 0 Å². The molecule has 0 aliphatic heterocycles. The minimum Gasteiger partial charge on any atom is -0.321 e. The summed E-state index contributed by atoms with van der Waals surface area (Å²) in [5.74, 6) is -6.51. The van der Waals surface area contributed by atoms with Gasteiger partial charge < -0.3 is 21.3 Å². The highest BCUT2D eigenvalue weighted by Crippen LogP contribution is 2.39. The highest BCUT2D eigenvalue weighted by molar-refractivity contribution is 8.00. The Morgan fingerprint density at radius 3 is 1.45 bits per heavy atom. The molecule has 0 unspecified atom stereocenters. The number of halogens is 6. The second kappa shape index (κ2) is 17.2. The number of amides is 4. The zero-order valence-electron chi connectivity index (χ0n) is 25.4. The number of nitro benzene ring substituents is 1. The van der Waals surface area contributed by atoms with Gasteiger partial charge >= 0.3 is 24.2 Å². The van der Waals surface area contributed by atoms with E-state index in [2.05, 4.69) is 10.6 Å². The number of anilines is 4. The summed E-state index contributed by atoms with van der Waals surface area (Å²) in [6, 6.07) is 13.3. The van der Waals surface area contributed by atoms with Gasteiger partial charge in [0.2, 0.25) is 0 Å². The van der Waals surface area contributed by atoms with Gasteiger partial charge in [0.1, 0.15) is 0 Å². The van der Waals surface area contributed by atoms with Crippen molar-refractivity contribution >= 4 is 75.6 Å². The molecule has 0 bridgehead atoms. The number of hydrogen-bond acceptors (Lipinski definition) is 10. The van der Waals surface area contributed by atoms with Crippen LogP contribution in [0.25, 0.3) is 0 Å². The van der Waals surface area contributed by atoms with Gasteiger partial charge in [-0.25, -0.2) is 0 Å². The highest BCUT2D eigenvalue weighted by atomic mass is 32.2. The first-order valence-electron chi connectivity index (χ1n) is 13.9. The van der Waals surface area contributed by atoms with Crippen LogP contribution in [0.5, 0.6) is 0 Å². The second-order valence-corrected chi connectivity index (χ2v) is 12.0. The van der Waals surface area contributed by atoms with Gasteiger partial charge in [-0.3, -0.25) is 29.3 Å². The van der Waals surface area contributed by atoms with Crippen LogP contribution < -0.4 is 21.3 Å². The first kappa shape index (κ1) is 39.6. The van der Waals surface area contributed by atoms with E-state index < -0.39 is 57.8 Å². The maximum atomic E-state index is 13.5. The van der Waals surface area contributed by atoms with Gasteiger partial charge in [0.05, 0.1) is 28.4 Å². The second-order valence-electron chi connectivity index (χ2n) is 9.77. The maximum absolute atomic E-state index is 13.5. The van der Waals surface area contributed by atoms with Crippen molar-refractivity contribution in [2.45, 2.75) is 35.0 Å². The fourth-order valence-electron chi connectivity index (χ4n) is 3.84. The van der Waals surface area contributed by atoms with Crippen molar-refractivity contribution < 1.29 is 50.4 Å². The Hall–Kier alpha value is -5.80. The number of carbonyl (C=O) groups excluding carboxylic acids is 4. The van der Waals surface area contributed by atoms with E-state index in [0.29, 0.717) is 18.2 Å². The number of nitriles is 2. The molecule has 0 heterocycles. The fourth-order valence-corrected chi connectivity index (χ4v) is 5.60. The van der Waals surface area contributed by atoms with Crippen molar-refractivity contribution in [1.29, 1.82) is 10.5 Å². The monoisotopic (exact) mass is 753 g/mol. The molecule has 0 fully saturated rings. The van der Waals surface area contributed by atoms with Crippen molar-refractivity contribution in [2.75, 3.05) is 32.8 Å². The minimum absolute atomic E-state index is 0.00124. The van der Waals surface area contributed by atoms with Crippen LogP contribution >= 0.6 is 23.5 Å². The molecule has 3 aromatic rings. The van der Waals surface area contributed by atoms with Crippen molar-refractivity contribution in [3.63, 3.8) is 0 Å². The Morgan fingerprint density at radius 1 is 0.667 bits per heavy atom. The Morgan fingerprint density at radius 2 is 1.08 bits per heavy atom. The number of nitrogens with zero attached hydrogens (tertiary/aromatic N) is 3.